The summed E-state index contributed by atoms with van der Waals surface area (Å²) in [7, 11) is 0. The third kappa shape index (κ3) is 2.73. The van der Waals surface area contributed by atoms with Crippen LogP contribution in [0.5, 0.6) is 0 Å². The molecule has 0 aliphatic carbocycles. The Hall–Kier alpha value is -0.930. The normalized spacial score (nSPS) is 24.7. The third-order valence-electron chi connectivity index (χ3n) is 4.12. The molecular weight excluding hydrogens is 227 g/mol. The Kier molecular flexibility index (Phi) is 4.36. The van der Waals surface area contributed by atoms with Crippen molar-refractivity contribution in [1.82, 2.24) is 4.90 Å². The molecule has 1 saturated heterocycles. The van der Waals surface area contributed by atoms with Crippen LogP contribution in [0, 0.1) is 5.82 Å². The van der Waals surface area contributed by atoms with E-state index in [0.29, 0.717) is 25.2 Å². The van der Waals surface area contributed by atoms with Crippen molar-refractivity contribution in [2.75, 3.05) is 0 Å². The highest BCUT2D eigenvalue weighted by Crippen LogP contribution is 2.28. The van der Waals surface area contributed by atoms with Crippen LogP contribution in [0.2, 0.25) is 0 Å². The molecule has 2 unspecified atom stereocenters. The molecule has 0 radical (unpaired) electrons. The van der Waals surface area contributed by atoms with E-state index in [1.165, 1.54) is 12.8 Å². The van der Waals surface area contributed by atoms with Crippen molar-refractivity contribution in [3.8, 4) is 0 Å². The summed E-state index contributed by atoms with van der Waals surface area (Å²) in [5, 5.41) is 0. The van der Waals surface area contributed by atoms with Crippen LogP contribution in [-0.2, 0) is 13.1 Å². The second-order valence-corrected chi connectivity index (χ2v) is 5.29. The number of benzene rings is 1. The van der Waals surface area contributed by atoms with Crippen LogP contribution < -0.4 is 5.73 Å². The quantitative estimate of drug-likeness (QED) is 0.890. The number of halogens is 1. The first-order chi connectivity index (χ1) is 8.65. The van der Waals surface area contributed by atoms with Gasteiger partial charge in [-0.15, -0.1) is 0 Å². The maximum Gasteiger partial charge on any atom is 0.127 e. The maximum atomic E-state index is 13.9. The smallest absolute Gasteiger partial charge is 0.127 e. The second kappa shape index (κ2) is 5.81. The van der Waals surface area contributed by atoms with E-state index in [1.54, 1.807) is 12.1 Å². The third-order valence-corrected chi connectivity index (χ3v) is 4.12. The van der Waals surface area contributed by atoms with Gasteiger partial charge in [-0.2, -0.15) is 0 Å². The largest absolute Gasteiger partial charge is 0.326 e. The van der Waals surface area contributed by atoms with Gasteiger partial charge in [-0.05, 0) is 37.8 Å². The highest BCUT2D eigenvalue weighted by molar-refractivity contribution is 5.25. The van der Waals surface area contributed by atoms with Crippen molar-refractivity contribution in [3.05, 3.63) is 35.1 Å². The molecule has 0 aromatic heterocycles. The fourth-order valence-corrected chi connectivity index (χ4v) is 2.92. The number of nitrogens with zero attached hydrogens (tertiary/aromatic N) is 1. The number of hydrogen-bond acceptors (Lipinski definition) is 2. The molecule has 0 saturated carbocycles. The molecule has 2 N–H and O–H groups in total. The van der Waals surface area contributed by atoms with Crippen molar-refractivity contribution in [2.24, 2.45) is 5.73 Å². The van der Waals surface area contributed by atoms with Crippen molar-refractivity contribution < 1.29 is 4.39 Å². The van der Waals surface area contributed by atoms with E-state index in [9.17, 15) is 4.39 Å². The first kappa shape index (κ1) is 13.5. The first-order valence-electron chi connectivity index (χ1n) is 6.88. The number of hydrogen-bond donors (Lipinski definition) is 1. The van der Waals surface area contributed by atoms with Crippen LogP contribution in [0.3, 0.4) is 0 Å². The minimum Gasteiger partial charge on any atom is -0.326 e. The highest BCUT2D eigenvalue weighted by atomic mass is 19.1. The van der Waals surface area contributed by atoms with Gasteiger partial charge in [-0.25, -0.2) is 4.39 Å². The lowest BCUT2D eigenvalue weighted by Gasteiger charge is -2.28. The summed E-state index contributed by atoms with van der Waals surface area (Å²) in [6.07, 6.45) is 3.59. The van der Waals surface area contributed by atoms with E-state index in [0.717, 1.165) is 17.5 Å². The lowest BCUT2D eigenvalue weighted by atomic mass is 10.1. The molecule has 0 spiro atoms. The zero-order valence-electron chi connectivity index (χ0n) is 11.3. The van der Waals surface area contributed by atoms with Gasteiger partial charge in [0.15, 0.2) is 0 Å². The van der Waals surface area contributed by atoms with Gasteiger partial charge in [0.25, 0.3) is 0 Å². The van der Waals surface area contributed by atoms with Gasteiger partial charge in [-0.3, -0.25) is 4.90 Å². The molecule has 1 aromatic carbocycles. The molecule has 1 aliphatic heterocycles. The number of likely N-dealkylation sites (tertiary alicyclic amines) is 1. The molecule has 0 amide bonds. The predicted octanol–water partition coefficient (Wildman–Crippen LogP) is 3.05. The van der Waals surface area contributed by atoms with Crippen molar-refractivity contribution >= 4 is 0 Å². The molecule has 1 aromatic rings. The molecule has 18 heavy (non-hydrogen) atoms. The Labute approximate surface area is 109 Å². The van der Waals surface area contributed by atoms with E-state index in [-0.39, 0.29) is 5.82 Å². The summed E-state index contributed by atoms with van der Waals surface area (Å²) in [4.78, 5) is 2.43. The monoisotopic (exact) mass is 250 g/mol. The fraction of sp³-hybridized carbons (Fsp3) is 0.600. The van der Waals surface area contributed by atoms with Gasteiger partial charge < -0.3 is 5.73 Å². The summed E-state index contributed by atoms with van der Waals surface area (Å²) in [5.74, 6) is -0.110. The summed E-state index contributed by atoms with van der Waals surface area (Å²) in [5.41, 5.74) is 7.41. The van der Waals surface area contributed by atoms with E-state index in [1.807, 2.05) is 6.07 Å². The Morgan fingerprint density at radius 2 is 2.17 bits per heavy atom. The Morgan fingerprint density at radius 1 is 1.39 bits per heavy atom. The molecule has 100 valence electrons. The van der Waals surface area contributed by atoms with Crippen LogP contribution in [0.15, 0.2) is 18.2 Å². The van der Waals surface area contributed by atoms with Gasteiger partial charge in [0, 0.05) is 30.7 Å². The standard InChI is InChI=1S/C15H23FN2/c1-3-14-6-4-11(2)18(14)10-13-8-12(9-17)5-7-15(13)16/h5,7-8,11,14H,3-4,6,9-10,17H2,1-2H3. The fourth-order valence-electron chi connectivity index (χ4n) is 2.92. The average Bonchev–Trinajstić information content (AvgIpc) is 2.73. The van der Waals surface area contributed by atoms with Crippen LogP contribution in [0.25, 0.3) is 0 Å². The molecule has 1 heterocycles. The minimum atomic E-state index is -0.110. The second-order valence-electron chi connectivity index (χ2n) is 5.29. The van der Waals surface area contributed by atoms with Crippen LogP contribution >= 0.6 is 0 Å². The van der Waals surface area contributed by atoms with Crippen molar-refractivity contribution in [2.45, 2.75) is 58.3 Å². The number of nitrogens with two attached hydrogens (primary N) is 1. The summed E-state index contributed by atoms with van der Waals surface area (Å²) < 4.78 is 13.9. The SMILES string of the molecule is CCC1CCC(C)N1Cc1cc(CN)ccc1F. The maximum absolute atomic E-state index is 13.9. The van der Waals surface area contributed by atoms with E-state index in [2.05, 4.69) is 18.7 Å². The van der Waals surface area contributed by atoms with Gasteiger partial charge in [0.05, 0.1) is 0 Å². The van der Waals surface area contributed by atoms with E-state index in [4.69, 9.17) is 5.73 Å². The zero-order chi connectivity index (χ0) is 13.1. The zero-order valence-corrected chi connectivity index (χ0v) is 11.3. The van der Waals surface area contributed by atoms with Gasteiger partial charge in [0.2, 0.25) is 0 Å². The highest BCUT2D eigenvalue weighted by Gasteiger charge is 2.29. The lowest BCUT2D eigenvalue weighted by Crippen LogP contribution is -2.33. The molecule has 0 bridgehead atoms. The summed E-state index contributed by atoms with van der Waals surface area (Å²) in [6.45, 7) is 5.63. The Morgan fingerprint density at radius 3 is 2.83 bits per heavy atom. The van der Waals surface area contributed by atoms with E-state index < -0.39 is 0 Å². The summed E-state index contributed by atoms with van der Waals surface area (Å²) >= 11 is 0. The number of rotatable bonds is 4. The molecule has 2 nitrogen and oxygen atoms in total. The molecular formula is C15H23FN2. The predicted molar refractivity (Wildman–Crippen MR) is 72.6 cm³/mol. The van der Waals surface area contributed by atoms with Crippen molar-refractivity contribution in [3.63, 3.8) is 0 Å². The lowest BCUT2D eigenvalue weighted by molar-refractivity contribution is 0.187. The van der Waals surface area contributed by atoms with Gasteiger partial charge >= 0.3 is 0 Å². The Bertz CT molecular complexity index is 405. The van der Waals surface area contributed by atoms with Crippen LogP contribution in [0.1, 0.15) is 44.2 Å². The first-order valence-corrected chi connectivity index (χ1v) is 6.88. The van der Waals surface area contributed by atoms with Crippen LogP contribution in [-0.4, -0.2) is 17.0 Å². The van der Waals surface area contributed by atoms with Crippen molar-refractivity contribution in [1.29, 1.82) is 0 Å². The molecule has 1 aliphatic rings. The Balaban J connectivity index is 2.17. The topological polar surface area (TPSA) is 29.3 Å². The van der Waals surface area contributed by atoms with Crippen LogP contribution in [0.4, 0.5) is 4.39 Å². The minimum absolute atomic E-state index is 0.110. The molecule has 2 atom stereocenters. The average molecular weight is 250 g/mol. The van der Waals surface area contributed by atoms with Gasteiger partial charge in [0.1, 0.15) is 5.82 Å². The molecule has 2 rings (SSSR count). The molecule has 3 heteroatoms. The summed E-state index contributed by atoms with van der Waals surface area (Å²) in [6, 6.07) is 6.37. The van der Waals surface area contributed by atoms with Gasteiger partial charge in [-0.1, -0.05) is 19.1 Å². The van der Waals surface area contributed by atoms with E-state index >= 15 is 0 Å². The molecule has 1 fully saturated rings.